The Balaban J connectivity index is 1.80. The summed E-state index contributed by atoms with van der Waals surface area (Å²) in [5.74, 6) is -0.481. The number of ether oxygens (including phenoxy) is 1. The molecule has 0 heterocycles. The van der Waals surface area contributed by atoms with Crippen LogP contribution in [0.25, 0.3) is 0 Å². The lowest BCUT2D eigenvalue weighted by Gasteiger charge is -2.12. The highest BCUT2D eigenvalue weighted by Crippen LogP contribution is 2.21. The van der Waals surface area contributed by atoms with E-state index in [-0.39, 0.29) is 0 Å². The number of esters is 1. The van der Waals surface area contributed by atoms with E-state index in [4.69, 9.17) is 28.6 Å². The third kappa shape index (κ3) is 6.03. The summed E-state index contributed by atoms with van der Waals surface area (Å²) >= 11 is 11.3. The Labute approximate surface area is 158 Å². The Hall–Kier alpha value is -2.11. The molecule has 0 spiro atoms. The van der Waals surface area contributed by atoms with Crippen molar-refractivity contribution < 1.29 is 9.53 Å². The molecule has 2 aromatic rings. The fourth-order valence-electron chi connectivity index (χ4n) is 2.29. The number of anilines is 1. The first kappa shape index (κ1) is 19.2. The molecule has 0 saturated carbocycles. The van der Waals surface area contributed by atoms with Gasteiger partial charge in [-0.25, -0.2) is 4.79 Å². The van der Waals surface area contributed by atoms with E-state index in [1.54, 1.807) is 18.2 Å². The monoisotopic (exact) mass is 376 g/mol. The van der Waals surface area contributed by atoms with Gasteiger partial charge in [0.2, 0.25) is 0 Å². The molecule has 132 valence electrons. The molecule has 0 saturated heterocycles. The van der Waals surface area contributed by atoms with Gasteiger partial charge in [-0.15, -0.1) is 0 Å². The summed E-state index contributed by atoms with van der Waals surface area (Å²) in [6.07, 6.45) is 1.96. The summed E-state index contributed by atoms with van der Waals surface area (Å²) in [7, 11) is 1.32. The first-order valence-electron chi connectivity index (χ1n) is 7.98. The zero-order valence-electron chi connectivity index (χ0n) is 14.3. The van der Waals surface area contributed by atoms with Crippen LogP contribution in [0.1, 0.15) is 27.9 Å². The maximum atomic E-state index is 11.7. The molecular formula is C19H21ClN2O2S. The van der Waals surface area contributed by atoms with Crippen LogP contribution in [0.3, 0.4) is 0 Å². The molecule has 0 radical (unpaired) electrons. The van der Waals surface area contributed by atoms with E-state index in [1.165, 1.54) is 18.2 Å². The Morgan fingerprint density at radius 3 is 2.60 bits per heavy atom. The van der Waals surface area contributed by atoms with E-state index in [9.17, 15) is 4.79 Å². The standard InChI is InChI=1S/C19H21ClN2O2S/c1-13-5-7-14(8-6-13)4-3-11-21-19(25)22-15-9-10-17(20)16(12-15)18(23)24-2/h5-10,12H,3-4,11H2,1-2H3,(H2,21,22,25). The molecule has 0 atom stereocenters. The van der Waals surface area contributed by atoms with E-state index in [0.29, 0.717) is 21.4 Å². The van der Waals surface area contributed by atoms with Gasteiger partial charge in [0.25, 0.3) is 0 Å². The number of benzene rings is 2. The van der Waals surface area contributed by atoms with Gasteiger partial charge in [-0.1, -0.05) is 41.4 Å². The van der Waals surface area contributed by atoms with E-state index < -0.39 is 5.97 Å². The molecule has 0 amide bonds. The maximum absolute atomic E-state index is 11.7. The molecule has 0 bridgehead atoms. The number of methoxy groups -OCH3 is 1. The lowest BCUT2D eigenvalue weighted by Crippen LogP contribution is -2.29. The molecule has 0 aliphatic carbocycles. The average Bonchev–Trinajstić information content (AvgIpc) is 2.61. The summed E-state index contributed by atoms with van der Waals surface area (Å²) in [5, 5.41) is 7.05. The summed E-state index contributed by atoms with van der Waals surface area (Å²) in [4.78, 5) is 11.7. The number of carbonyl (C=O) groups excluding carboxylic acids is 1. The molecule has 2 N–H and O–H groups in total. The molecule has 2 aromatic carbocycles. The molecule has 6 heteroatoms. The zero-order valence-corrected chi connectivity index (χ0v) is 15.8. The normalized spacial score (nSPS) is 10.2. The second kappa shape index (κ2) is 9.39. The number of halogens is 1. The Morgan fingerprint density at radius 2 is 1.92 bits per heavy atom. The van der Waals surface area contributed by atoms with Crippen molar-refractivity contribution in [1.29, 1.82) is 0 Å². The number of nitrogens with one attached hydrogen (secondary N) is 2. The highest BCUT2D eigenvalue weighted by atomic mass is 35.5. The number of rotatable bonds is 6. The second-order valence-electron chi connectivity index (χ2n) is 5.66. The maximum Gasteiger partial charge on any atom is 0.339 e. The second-order valence-corrected chi connectivity index (χ2v) is 6.47. The molecule has 0 fully saturated rings. The van der Waals surface area contributed by atoms with Crippen LogP contribution >= 0.6 is 23.8 Å². The predicted octanol–water partition coefficient (Wildman–Crippen LogP) is 4.35. The van der Waals surface area contributed by atoms with Crippen LogP contribution in [0.15, 0.2) is 42.5 Å². The average molecular weight is 377 g/mol. The fourth-order valence-corrected chi connectivity index (χ4v) is 2.71. The molecule has 2 rings (SSSR count). The Bertz CT molecular complexity index is 748. The minimum absolute atomic E-state index is 0.302. The summed E-state index contributed by atoms with van der Waals surface area (Å²) in [6.45, 7) is 2.84. The summed E-state index contributed by atoms with van der Waals surface area (Å²) < 4.78 is 4.71. The first-order chi connectivity index (χ1) is 12.0. The lowest BCUT2D eigenvalue weighted by atomic mass is 10.1. The van der Waals surface area contributed by atoms with Crippen molar-refractivity contribution in [2.24, 2.45) is 0 Å². The molecular weight excluding hydrogens is 356 g/mol. The quantitative estimate of drug-likeness (QED) is 0.446. The predicted molar refractivity (Wildman–Crippen MR) is 107 cm³/mol. The fraction of sp³-hybridized carbons (Fsp3) is 0.263. The molecule has 4 nitrogen and oxygen atoms in total. The largest absolute Gasteiger partial charge is 0.465 e. The molecule has 0 unspecified atom stereocenters. The van der Waals surface area contributed by atoms with Gasteiger partial charge in [0, 0.05) is 12.2 Å². The number of thiocarbonyl (C=S) groups is 1. The molecule has 0 aromatic heterocycles. The van der Waals surface area contributed by atoms with Gasteiger partial charge in [0.1, 0.15) is 0 Å². The third-order valence-corrected chi connectivity index (χ3v) is 4.25. The highest BCUT2D eigenvalue weighted by molar-refractivity contribution is 7.80. The lowest BCUT2D eigenvalue weighted by molar-refractivity contribution is 0.0601. The van der Waals surface area contributed by atoms with Gasteiger partial charge in [-0.3, -0.25) is 0 Å². The number of carbonyl (C=O) groups is 1. The molecule has 0 aliphatic rings. The number of hydrogen-bond donors (Lipinski definition) is 2. The van der Waals surface area contributed by atoms with Crippen molar-refractivity contribution in [1.82, 2.24) is 5.32 Å². The molecule has 25 heavy (non-hydrogen) atoms. The Morgan fingerprint density at radius 1 is 1.20 bits per heavy atom. The first-order valence-corrected chi connectivity index (χ1v) is 8.76. The van der Waals surface area contributed by atoms with E-state index >= 15 is 0 Å². The van der Waals surface area contributed by atoms with Crippen molar-refractivity contribution >= 4 is 40.6 Å². The van der Waals surface area contributed by atoms with Gasteiger partial charge < -0.3 is 15.4 Å². The van der Waals surface area contributed by atoms with Crippen LogP contribution in [0.4, 0.5) is 5.69 Å². The van der Waals surface area contributed by atoms with Crippen molar-refractivity contribution in [3.8, 4) is 0 Å². The van der Waals surface area contributed by atoms with Crippen LogP contribution in [0.5, 0.6) is 0 Å². The van der Waals surface area contributed by atoms with Crippen molar-refractivity contribution in [2.45, 2.75) is 19.8 Å². The number of hydrogen-bond acceptors (Lipinski definition) is 3. The van der Waals surface area contributed by atoms with Crippen LogP contribution in [0, 0.1) is 6.92 Å². The van der Waals surface area contributed by atoms with Crippen LogP contribution in [0.2, 0.25) is 5.02 Å². The van der Waals surface area contributed by atoms with E-state index in [1.807, 2.05) is 0 Å². The van der Waals surface area contributed by atoms with E-state index in [2.05, 4.69) is 41.8 Å². The zero-order chi connectivity index (χ0) is 18.2. The van der Waals surface area contributed by atoms with Crippen LogP contribution < -0.4 is 10.6 Å². The van der Waals surface area contributed by atoms with Crippen molar-refractivity contribution in [3.63, 3.8) is 0 Å². The van der Waals surface area contributed by atoms with Gasteiger partial charge in [0.05, 0.1) is 17.7 Å². The van der Waals surface area contributed by atoms with Gasteiger partial charge >= 0.3 is 5.97 Å². The minimum Gasteiger partial charge on any atom is -0.465 e. The van der Waals surface area contributed by atoms with E-state index in [0.717, 1.165) is 19.4 Å². The molecule has 0 aliphatic heterocycles. The summed E-state index contributed by atoms with van der Waals surface area (Å²) in [5.41, 5.74) is 3.56. The van der Waals surface area contributed by atoms with Gasteiger partial charge in [-0.2, -0.15) is 0 Å². The van der Waals surface area contributed by atoms with Crippen LogP contribution in [-0.4, -0.2) is 24.7 Å². The SMILES string of the molecule is COC(=O)c1cc(NC(=S)NCCCc2ccc(C)cc2)ccc1Cl. The smallest absolute Gasteiger partial charge is 0.339 e. The third-order valence-electron chi connectivity index (χ3n) is 3.68. The van der Waals surface area contributed by atoms with Gasteiger partial charge in [0.15, 0.2) is 5.11 Å². The van der Waals surface area contributed by atoms with Crippen molar-refractivity contribution in [3.05, 3.63) is 64.2 Å². The minimum atomic E-state index is -0.481. The van der Waals surface area contributed by atoms with Crippen LogP contribution in [-0.2, 0) is 11.2 Å². The van der Waals surface area contributed by atoms with Gasteiger partial charge in [-0.05, 0) is 55.7 Å². The van der Waals surface area contributed by atoms with Crippen molar-refractivity contribution in [2.75, 3.05) is 19.0 Å². The number of aryl methyl sites for hydroxylation is 2. The summed E-state index contributed by atoms with van der Waals surface area (Å²) in [6, 6.07) is 13.5. The highest BCUT2D eigenvalue weighted by Gasteiger charge is 2.11. The Kier molecular flexibility index (Phi) is 7.22. The topological polar surface area (TPSA) is 50.4 Å².